The normalized spacial score (nSPS) is 18.8. The molecule has 4 atom stereocenters. The monoisotopic (exact) mass is 729 g/mol. The predicted molar refractivity (Wildman–Crippen MR) is 219 cm³/mol. The van der Waals surface area contributed by atoms with E-state index in [2.05, 4.69) is 112 Å². The number of rotatable bonds is 30. The molecule has 1 saturated heterocycles. The molecule has 1 fully saturated rings. The van der Waals surface area contributed by atoms with Crippen molar-refractivity contribution in [3.63, 3.8) is 0 Å². The number of hydrogen-bond acceptors (Lipinski definition) is 5. The van der Waals surface area contributed by atoms with Gasteiger partial charge in [0.2, 0.25) is 0 Å². The van der Waals surface area contributed by atoms with Crippen LogP contribution in [-0.4, -0.2) is 51.0 Å². The summed E-state index contributed by atoms with van der Waals surface area (Å²) in [4.78, 5) is 0. The van der Waals surface area contributed by atoms with Crippen molar-refractivity contribution in [1.82, 2.24) is 0 Å². The molecule has 4 rings (SSSR count). The molecule has 0 radical (unpaired) electrons. The summed E-state index contributed by atoms with van der Waals surface area (Å²) in [6.45, 7) is 9.15. The van der Waals surface area contributed by atoms with E-state index >= 15 is 0 Å². The Balaban J connectivity index is 1.57. The van der Waals surface area contributed by atoms with Crippen molar-refractivity contribution in [2.24, 2.45) is 0 Å². The lowest BCUT2D eigenvalue weighted by Gasteiger charge is -2.37. The van der Waals surface area contributed by atoms with E-state index in [0.717, 1.165) is 36.0 Å². The molecular weight excluding hydrogens is 657 g/mol. The zero-order chi connectivity index (χ0) is 37.2. The fraction of sp³-hybridized carbons (Fsp3) is 0.625. The lowest BCUT2D eigenvalue weighted by atomic mass is 9.80. The zero-order valence-corrected chi connectivity index (χ0v) is 33.6. The van der Waals surface area contributed by atoms with Crippen molar-refractivity contribution in [2.45, 2.75) is 167 Å². The maximum Gasteiger partial charge on any atom is 0.186 e. The van der Waals surface area contributed by atoms with Gasteiger partial charge in [-0.1, -0.05) is 208 Å². The molecule has 1 aliphatic rings. The molecule has 0 saturated carbocycles. The Hall–Kier alpha value is -2.54. The molecule has 3 aromatic rings. The fourth-order valence-corrected chi connectivity index (χ4v) is 7.60. The van der Waals surface area contributed by atoms with E-state index in [0.29, 0.717) is 26.4 Å². The van der Waals surface area contributed by atoms with Crippen LogP contribution in [-0.2, 0) is 29.3 Å². The molecule has 294 valence electrons. The van der Waals surface area contributed by atoms with Gasteiger partial charge in [0.1, 0.15) is 23.9 Å². The van der Waals surface area contributed by atoms with Gasteiger partial charge in [-0.2, -0.15) is 0 Å². The third-order valence-electron chi connectivity index (χ3n) is 10.7. The van der Waals surface area contributed by atoms with Crippen molar-refractivity contribution < 1.29 is 23.7 Å². The molecule has 53 heavy (non-hydrogen) atoms. The molecular formula is C48H72O5. The average Bonchev–Trinajstić information content (AvgIpc) is 3.53. The standard InChI is InChI=1S/C48H72O5/c1-4-7-10-13-16-28-37-49-45-44(53-47(51-39-30-18-15-12-9-6-3)46(45)50-38-29-17-14-11-8-5-2)40-52-48(41-31-22-19-23-32-41,42-33-24-20-25-34-42)43-35-26-21-27-36-43/h19-27,31-36,44-47H,4-18,28-30,37-40H2,1-3H3/t44-,45+,46?,47+/m1/s1. The van der Waals surface area contributed by atoms with Crippen molar-refractivity contribution in [3.05, 3.63) is 108 Å². The average molecular weight is 729 g/mol. The minimum Gasteiger partial charge on any atom is -0.372 e. The van der Waals surface area contributed by atoms with Gasteiger partial charge in [-0.05, 0) is 36.0 Å². The minimum absolute atomic E-state index is 0.291. The van der Waals surface area contributed by atoms with Gasteiger partial charge < -0.3 is 23.7 Å². The molecule has 3 aromatic carbocycles. The van der Waals surface area contributed by atoms with Gasteiger partial charge in [0.15, 0.2) is 6.29 Å². The van der Waals surface area contributed by atoms with Gasteiger partial charge in [0, 0.05) is 19.8 Å². The SMILES string of the molecule is CCCCCCCCOC1[C@@H](OCCCCCCCC)O[C@H](COC(c2ccccc2)(c2ccccc2)c2ccccc2)[C@@H]1OCCCCCCCC. The molecule has 0 aromatic heterocycles. The molecule has 1 unspecified atom stereocenters. The predicted octanol–water partition coefficient (Wildman–Crippen LogP) is 12.6. The number of ether oxygens (including phenoxy) is 5. The van der Waals surface area contributed by atoms with E-state index in [4.69, 9.17) is 23.7 Å². The molecule has 0 aliphatic carbocycles. The summed E-state index contributed by atoms with van der Waals surface area (Å²) in [6, 6.07) is 31.8. The van der Waals surface area contributed by atoms with Crippen LogP contribution >= 0.6 is 0 Å². The van der Waals surface area contributed by atoms with Crippen molar-refractivity contribution in [2.75, 3.05) is 26.4 Å². The third kappa shape index (κ3) is 14.2. The first kappa shape index (κ1) is 43.2. The van der Waals surface area contributed by atoms with Crippen LogP contribution in [0.15, 0.2) is 91.0 Å². The molecule has 5 nitrogen and oxygen atoms in total. The Bertz CT molecular complexity index is 1190. The van der Waals surface area contributed by atoms with Gasteiger partial charge >= 0.3 is 0 Å². The Morgan fingerprint density at radius 2 is 0.792 bits per heavy atom. The van der Waals surface area contributed by atoms with Crippen molar-refractivity contribution in [1.29, 1.82) is 0 Å². The van der Waals surface area contributed by atoms with Crippen molar-refractivity contribution >= 4 is 0 Å². The summed E-state index contributed by atoms with van der Waals surface area (Å²) in [5.41, 5.74) is 2.38. The van der Waals surface area contributed by atoms with E-state index in [1.165, 1.54) is 96.3 Å². The molecule has 5 heteroatoms. The summed E-state index contributed by atoms with van der Waals surface area (Å²) in [5, 5.41) is 0. The molecule has 0 amide bonds. The molecule has 1 heterocycles. The van der Waals surface area contributed by atoms with Gasteiger partial charge in [-0.25, -0.2) is 0 Å². The molecule has 0 spiro atoms. The first-order valence-electron chi connectivity index (χ1n) is 21.5. The van der Waals surface area contributed by atoms with Gasteiger partial charge in [0.05, 0.1) is 6.61 Å². The highest BCUT2D eigenvalue weighted by Crippen LogP contribution is 2.41. The first-order chi connectivity index (χ1) is 26.2. The van der Waals surface area contributed by atoms with E-state index in [-0.39, 0.29) is 18.3 Å². The lowest BCUT2D eigenvalue weighted by Crippen LogP contribution is -2.42. The highest BCUT2D eigenvalue weighted by Gasteiger charge is 2.49. The summed E-state index contributed by atoms with van der Waals surface area (Å²) in [7, 11) is 0. The maximum atomic E-state index is 7.32. The Morgan fingerprint density at radius 1 is 0.434 bits per heavy atom. The van der Waals surface area contributed by atoms with Crippen LogP contribution < -0.4 is 0 Å². The molecule has 0 N–H and O–H groups in total. The highest BCUT2D eigenvalue weighted by molar-refractivity contribution is 5.47. The molecule has 1 aliphatic heterocycles. The van der Waals surface area contributed by atoms with Crippen LogP contribution in [0.5, 0.6) is 0 Å². The van der Waals surface area contributed by atoms with E-state index in [9.17, 15) is 0 Å². The summed E-state index contributed by atoms with van der Waals surface area (Å²) >= 11 is 0. The van der Waals surface area contributed by atoms with E-state index in [1.54, 1.807) is 0 Å². The Labute approximate surface area is 323 Å². The third-order valence-corrected chi connectivity index (χ3v) is 10.7. The highest BCUT2D eigenvalue weighted by atomic mass is 16.7. The van der Waals surface area contributed by atoms with E-state index in [1.807, 2.05) is 0 Å². The van der Waals surface area contributed by atoms with Crippen LogP contribution in [0.1, 0.15) is 153 Å². The van der Waals surface area contributed by atoms with Crippen LogP contribution in [0, 0.1) is 0 Å². The van der Waals surface area contributed by atoms with E-state index < -0.39 is 11.9 Å². The number of hydrogen-bond donors (Lipinski definition) is 0. The fourth-order valence-electron chi connectivity index (χ4n) is 7.60. The van der Waals surface area contributed by atoms with Gasteiger partial charge in [-0.3, -0.25) is 0 Å². The maximum absolute atomic E-state index is 7.32. The second-order valence-corrected chi connectivity index (χ2v) is 15.0. The first-order valence-corrected chi connectivity index (χ1v) is 21.5. The zero-order valence-electron chi connectivity index (χ0n) is 33.6. The Morgan fingerprint density at radius 3 is 1.21 bits per heavy atom. The van der Waals surface area contributed by atoms with Crippen LogP contribution in [0.25, 0.3) is 0 Å². The van der Waals surface area contributed by atoms with Crippen LogP contribution in [0.2, 0.25) is 0 Å². The Kier molecular flexibility index (Phi) is 21.4. The smallest absolute Gasteiger partial charge is 0.186 e. The quantitative estimate of drug-likeness (QED) is 0.0505. The largest absolute Gasteiger partial charge is 0.372 e. The minimum atomic E-state index is -0.844. The van der Waals surface area contributed by atoms with Crippen molar-refractivity contribution in [3.8, 4) is 0 Å². The summed E-state index contributed by atoms with van der Waals surface area (Å²) < 4.78 is 34.3. The number of unbranched alkanes of at least 4 members (excludes halogenated alkanes) is 15. The lowest BCUT2D eigenvalue weighted by molar-refractivity contribution is -0.185. The van der Waals surface area contributed by atoms with Crippen LogP contribution in [0.4, 0.5) is 0 Å². The van der Waals surface area contributed by atoms with Gasteiger partial charge in [-0.15, -0.1) is 0 Å². The molecule has 0 bridgehead atoms. The second-order valence-electron chi connectivity index (χ2n) is 15.0. The second kappa shape index (κ2) is 26.3. The summed E-state index contributed by atoms with van der Waals surface area (Å²) in [6.07, 6.45) is 20.5. The topological polar surface area (TPSA) is 46.2 Å². The number of benzene rings is 3. The van der Waals surface area contributed by atoms with Gasteiger partial charge in [0.25, 0.3) is 0 Å². The van der Waals surface area contributed by atoms with Crippen LogP contribution in [0.3, 0.4) is 0 Å². The summed E-state index contributed by atoms with van der Waals surface area (Å²) in [5.74, 6) is 0.